The quantitative estimate of drug-likeness (QED) is 0.917. The lowest BCUT2D eigenvalue weighted by Crippen LogP contribution is -2.24. The summed E-state index contributed by atoms with van der Waals surface area (Å²) in [7, 11) is 0. The van der Waals surface area contributed by atoms with Gasteiger partial charge in [-0.25, -0.2) is 9.48 Å². The fraction of sp³-hybridized carbons (Fsp3) is 0.500. The molecule has 4 rings (SSSR count). The molecule has 1 aliphatic carbocycles. The number of hydrogen-bond donors (Lipinski definition) is 1. The minimum absolute atomic E-state index is 0.260. The summed E-state index contributed by atoms with van der Waals surface area (Å²) < 4.78 is 1.96. The summed E-state index contributed by atoms with van der Waals surface area (Å²) in [6, 6.07) is 6.18. The number of likely N-dealkylation sites (tertiary alicyclic amines) is 1. The van der Waals surface area contributed by atoms with Gasteiger partial charge in [-0.05, 0) is 37.5 Å². The van der Waals surface area contributed by atoms with E-state index in [0.29, 0.717) is 11.6 Å². The molecular weight excluding hydrogens is 256 g/mol. The van der Waals surface area contributed by atoms with Gasteiger partial charge >= 0.3 is 5.97 Å². The second-order valence-electron chi connectivity index (χ2n) is 5.71. The van der Waals surface area contributed by atoms with Gasteiger partial charge in [-0.15, -0.1) is 5.10 Å². The summed E-state index contributed by atoms with van der Waals surface area (Å²) >= 11 is 0. The maximum absolute atomic E-state index is 11.0. The Balaban J connectivity index is 1.65. The van der Waals surface area contributed by atoms with E-state index in [0.717, 1.165) is 31.1 Å². The van der Waals surface area contributed by atoms with Crippen LogP contribution >= 0.6 is 0 Å². The van der Waals surface area contributed by atoms with Crippen molar-refractivity contribution in [3.8, 4) is 0 Å². The van der Waals surface area contributed by atoms with Gasteiger partial charge in [0.15, 0.2) is 0 Å². The minimum atomic E-state index is -0.928. The lowest BCUT2D eigenvalue weighted by atomic mass is 10.2. The lowest BCUT2D eigenvalue weighted by Gasteiger charge is -2.15. The third kappa shape index (κ3) is 1.87. The fourth-order valence-corrected chi connectivity index (χ4v) is 3.08. The maximum Gasteiger partial charge on any atom is 0.335 e. The predicted molar refractivity (Wildman–Crippen MR) is 72.7 cm³/mol. The molecule has 0 bridgehead atoms. The smallest absolute Gasteiger partial charge is 0.335 e. The monoisotopic (exact) mass is 272 g/mol. The van der Waals surface area contributed by atoms with Crippen LogP contribution in [-0.2, 0) is 0 Å². The van der Waals surface area contributed by atoms with Crippen LogP contribution in [0.4, 0.5) is 0 Å². The van der Waals surface area contributed by atoms with Crippen LogP contribution < -0.4 is 0 Å². The molecule has 20 heavy (non-hydrogen) atoms. The second kappa shape index (κ2) is 4.28. The fourth-order valence-electron chi connectivity index (χ4n) is 3.08. The van der Waals surface area contributed by atoms with E-state index < -0.39 is 5.97 Å². The lowest BCUT2D eigenvalue weighted by molar-refractivity contribution is 0.0697. The van der Waals surface area contributed by atoms with Gasteiger partial charge in [0.2, 0.25) is 0 Å². The highest BCUT2D eigenvalue weighted by Crippen LogP contribution is 2.34. The molecule has 1 saturated carbocycles. The molecule has 1 aromatic carbocycles. The number of hydrogen-bond acceptors (Lipinski definition) is 4. The zero-order valence-electron chi connectivity index (χ0n) is 11.1. The summed E-state index contributed by atoms with van der Waals surface area (Å²) in [4.78, 5) is 13.5. The van der Waals surface area contributed by atoms with Gasteiger partial charge in [0.1, 0.15) is 5.52 Å². The Morgan fingerprint density at radius 3 is 2.85 bits per heavy atom. The van der Waals surface area contributed by atoms with Crippen molar-refractivity contribution in [2.45, 2.75) is 31.3 Å². The van der Waals surface area contributed by atoms with Crippen molar-refractivity contribution in [2.24, 2.45) is 0 Å². The van der Waals surface area contributed by atoms with Crippen molar-refractivity contribution < 1.29 is 9.90 Å². The number of aromatic nitrogens is 3. The second-order valence-corrected chi connectivity index (χ2v) is 5.71. The van der Waals surface area contributed by atoms with E-state index in [2.05, 4.69) is 15.2 Å². The number of carbonyl (C=O) groups is 1. The maximum atomic E-state index is 11.0. The molecular formula is C14H16N4O2. The molecule has 1 N–H and O–H groups in total. The highest BCUT2D eigenvalue weighted by Gasteiger charge is 2.35. The topological polar surface area (TPSA) is 71.2 Å². The number of nitrogens with zero attached hydrogens (tertiary/aromatic N) is 4. The van der Waals surface area contributed by atoms with Gasteiger partial charge < -0.3 is 5.11 Å². The molecule has 2 aliphatic rings. The van der Waals surface area contributed by atoms with Crippen LogP contribution in [0.5, 0.6) is 0 Å². The highest BCUT2D eigenvalue weighted by atomic mass is 16.4. The van der Waals surface area contributed by atoms with Crippen LogP contribution in [0.2, 0.25) is 0 Å². The van der Waals surface area contributed by atoms with E-state index in [1.807, 2.05) is 10.7 Å². The first-order valence-electron chi connectivity index (χ1n) is 7.04. The zero-order chi connectivity index (χ0) is 13.7. The van der Waals surface area contributed by atoms with Gasteiger partial charge in [-0.3, -0.25) is 4.90 Å². The Bertz CT molecular complexity index is 677. The van der Waals surface area contributed by atoms with Gasteiger partial charge in [0.25, 0.3) is 0 Å². The molecule has 1 atom stereocenters. The number of benzene rings is 1. The van der Waals surface area contributed by atoms with Gasteiger partial charge in [0.05, 0.1) is 17.1 Å². The minimum Gasteiger partial charge on any atom is -0.478 e. The third-order valence-corrected chi connectivity index (χ3v) is 4.32. The first kappa shape index (κ1) is 11.8. The van der Waals surface area contributed by atoms with Gasteiger partial charge in [-0.2, -0.15) is 0 Å². The van der Waals surface area contributed by atoms with Crippen LogP contribution in [0.3, 0.4) is 0 Å². The molecule has 0 radical (unpaired) electrons. The third-order valence-electron chi connectivity index (χ3n) is 4.32. The molecule has 0 spiro atoms. The van der Waals surface area contributed by atoms with Crippen LogP contribution in [-0.4, -0.2) is 50.1 Å². The van der Waals surface area contributed by atoms with Crippen molar-refractivity contribution in [2.75, 3.05) is 13.1 Å². The Hall–Kier alpha value is -1.95. The van der Waals surface area contributed by atoms with E-state index in [-0.39, 0.29) is 5.56 Å². The molecule has 0 amide bonds. The molecule has 1 aliphatic heterocycles. The standard InChI is InChI=1S/C14H16N4O2/c19-14(20)9-1-4-13-12(7-9)15-16-18(13)11-5-6-17(8-11)10-2-3-10/h1,4,7,10-11H,2-3,5-6,8H2,(H,19,20). The van der Waals surface area contributed by atoms with Crippen LogP contribution in [0, 0.1) is 0 Å². The summed E-state index contributed by atoms with van der Waals surface area (Å²) in [6.07, 6.45) is 3.75. The van der Waals surface area contributed by atoms with E-state index in [9.17, 15) is 4.79 Å². The Morgan fingerprint density at radius 1 is 1.25 bits per heavy atom. The Morgan fingerprint density at radius 2 is 2.10 bits per heavy atom. The van der Waals surface area contributed by atoms with Crippen molar-refractivity contribution in [1.29, 1.82) is 0 Å². The predicted octanol–water partition coefficient (Wildman–Crippen LogP) is 1.54. The molecule has 6 heteroatoms. The summed E-state index contributed by atoms with van der Waals surface area (Å²) in [5.41, 5.74) is 1.85. The molecule has 1 unspecified atom stereocenters. The first-order valence-corrected chi connectivity index (χ1v) is 7.04. The molecule has 2 aromatic rings. The van der Waals surface area contributed by atoms with Crippen LogP contribution in [0.25, 0.3) is 11.0 Å². The average molecular weight is 272 g/mol. The normalized spacial score (nSPS) is 23.5. The van der Waals surface area contributed by atoms with Crippen molar-refractivity contribution >= 4 is 17.0 Å². The van der Waals surface area contributed by atoms with E-state index >= 15 is 0 Å². The van der Waals surface area contributed by atoms with E-state index in [1.54, 1.807) is 12.1 Å². The molecule has 1 saturated heterocycles. The number of aromatic carboxylic acids is 1. The summed E-state index contributed by atoms with van der Waals surface area (Å²) in [6.45, 7) is 2.16. The molecule has 2 fully saturated rings. The van der Waals surface area contributed by atoms with Crippen molar-refractivity contribution in [3.63, 3.8) is 0 Å². The van der Waals surface area contributed by atoms with Crippen molar-refractivity contribution in [1.82, 2.24) is 19.9 Å². The van der Waals surface area contributed by atoms with Gasteiger partial charge in [-0.1, -0.05) is 5.21 Å². The Labute approximate surface area is 116 Å². The van der Waals surface area contributed by atoms with Crippen molar-refractivity contribution in [3.05, 3.63) is 23.8 Å². The zero-order valence-corrected chi connectivity index (χ0v) is 11.1. The van der Waals surface area contributed by atoms with Gasteiger partial charge in [0, 0.05) is 19.1 Å². The number of carboxylic acid groups (broad SMARTS) is 1. The number of fused-ring (bicyclic) bond motifs is 1. The van der Waals surface area contributed by atoms with Crippen LogP contribution in [0.15, 0.2) is 18.2 Å². The largest absolute Gasteiger partial charge is 0.478 e. The average Bonchev–Trinajstić information content (AvgIpc) is 3.03. The number of rotatable bonds is 3. The number of carboxylic acids is 1. The molecule has 104 valence electrons. The molecule has 2 heterocycles. The highest BCUT2D eigenvalue weighted by molar-refractivity contribution is 5.92. The first-order chi connectivity index (χ1) is 9.72. The van der Waals surface area contributed by atoms with E-state index in [4.69, 9.17) is 5.11 Å². The molecule has 1 aromatic heterocycles. The molecule has 6 nitrogen and oxygen atoms in total. The van der Waals surface area contributed by atoms with Crippen LogP contribution in [0.1, 0.15) is 35.7 Å². The SMILES string of the molecule is O=C(O)c1ccc2c(c1)nnn2C1CCN(C2CC2)C1. The van der Waals surface area contributed by atoms with E-state index in [1.165, 1.54) is 12.8 Å². The summed E-state index contributed by atoms with van der Waals surface area (Å²) in [5.74, 6) is -0.928. The Kier molecular flexibility index (Phi) is 2.53. The summed E-state index contributed by atoms with van der Waals surface area (Å²) in [5, 5.41) is 17.4.